The zero-order valence-corrected chi connectivity index (χ0v) is 16.8. The van der Waals surface area contributed by atoms with Crippen LogP contribution in [0.15, 0.2) is 48.5 Å². The SMILES string of the molecule is C[C@H]1COc2cc([C@@H](OC(=O)c3ccccc3)[C@H](N)CN3CCCC3)ccc2O1. The molecule has 154 valence electrons. The van der Waals surface area contributed by atoms with E-state index in [1.165, 1.54) is 12.8 Å². The van der Waals surface area contributed by atoms with Crippen LogP contribution in [0.25, 0.3) is 0 Å². The van der Waals surface area contributed by atoms with Crippen LogP contribution in [-0.2, 0) is 4.74 Å². The summed E-state index contributed by atoms with van der Waals surface area (Å²) in [6.45, 7) is 5.20. The van der Waals surface area contributed by atoms with Crippen molar-refractivity contribution in [2.24, 2.45) is 5.73 Å². The molecule has 0 spiro atoms. The summed E-state index contributed by atoms with van der Waals surface area (Å²) in [5, 5.41) is 0. The molecule has 0 amide bonds. The average Bonchev–Trinajstić information content (AvgIpc) is 3.25. The molecule has 1 fully saturated rings. The zero-order valence-electron chi connectivity index (χ0n) is 16.8. The Labute approximate surface area is 171 Å². The van der Waals surface area contributed by atoms with Gasteiger partial charge in [0, 0.05) is 6.54 Å². The number of nitrogens with zero attached hydrogens (tertiary/aromatic N) is 1. The Morgan fingerprint density at radius 3 is 2.69 bits per heavy atom. The van der Waals surface area contributed by atoms with Gasteiger partial charge in [0.25, 0.3) is 0 Å². The monoisotopic (exact) mass is 396 g/mol. The highest BCUT2D eigenvalue weighted by atomic mass is 16.6. The lowest BCUT2D eigenvalue weighted by Gasteiger charge is -2.29. The van der Waals surface area contributed by atoms with Gasteiger partial charge in [-0.25, -0.2) is 4.79 Å². The molecule has 0 radical (unpaired) electrons. The van der Waals surface area contributed by atoms with Crippen LogP contribution in [0.3, 0.4) is 0 Å². The number of rotatable bonds is 6. The van der Waals surface area contributed by atoms with Crippen LogP contribution in [0.1, 0.15) is 41.8 Å². The van der Waals surface area contributed by atoms with Crippen molar-refractivity contribution in [2.45, 2.75) is 38.0 Å². The Kier molecular flexibility index (Phi) is 6.02. The number of esters is 1. The van der Waals surface area contributed by atoms with E-state index in [2.05, 4.69) is 4.90 Å². The zero-order chi connectivity index (χ0) is 20.2. The summed E-state index contributed by atoms with van der Waals surface area (Å²) in [7, 11) is 0. The van der Waals surface area contributed by atoms with E-state index >= 15 is 0 Å². The number of benzene rings is 2. The fraction of sp³-hybridized carbons (Fsp3) is 0.435. The topological polar surface area (TPSA) is 74.0 Å². The minimum atomic E-state index is -0.573. The first-order chi connectivity index (χ1) is 14.1. The van der Waals surface area contributed by atoms with E-state index in [0.29, 0.717) is 30.2 Å². The summed E-state index contributed by atoms with van der Waals surface area (Å²) >= 11 is 0. The van der Waals surface area contributed by atoms with Gasteiger partial charge >= 0.3 is 5.97 Å². The molecule has 0 aliphatic carbocycles. The van der Waals surface area contributed by atoms with Gasteiger partial charge < -0.3 is 24.8 Å². The first-order valence-corrected chi connectivity index (χ1v) is 10.3. The fourth-order valence-corrected chi connectivity index (χ4v) is 3.89. The van der Waals surface area contributed by atoms with Crippen molar-refractivity contribution >= 4 is 5.97 Å². The number of carbonyl (C=O) groups excluding carboxylic acids is 1. The van der Waals surface area contributed by atoms with Gasteiger partial charge in [-0.2, -0.15) is 0 Å². The molecule has 0 unspecified atom stereocenters. The molecule has 6 nitrogen and oxygen atoms in total. The number of nitrogens with two attached hydrogens (primary N) is 1. The molecular weight excluding hydrogens is 368 g/mol. The van der Waals surface area contributed by atoms with Gasteiger partial charge in [-0.3, -0.25) is 0 Å². The fourth-order valence-electron chi connectivity index (χ4n) is 3.89. The Balaban J connectivity index is 1.58. The van der Waals surface area contributed by atoms with Gasteiger partial charge in [0.1, 0.15) is 18.8 Å². The number of carbonyl (C=O) groups is 1. The molecule has 6 heteroatoms. The molecule has 4 rings (SSSR count). The van der Waals surface area contributed by atoms with Gasteiger partial charge in [-0.1, -0.05) is 24.3 Å². The van der Waals surface area contributed by atoms with Crippen molar-refractivity contribution in [2.75, 3.05) is 26.2 Å². The maximum absolute atomic E-state index is 12.8. The van der Waals surface area contributed by atoms with Crippen molar-refractivity contribution in [3.05, 3.63) is 59.7 Å². The highest BCUT2D eigenvalue weighted by Crippen LogP contribution is 2.36. The van der Waals surface area contributed by atoms with E-state index in [4.69, 9.17) is 19.9 Å². The molecule has 1 saturated heterocycles. The summed E-state index contributed by atoms with van der Waals surface area (Å²) in [6.07, 6.45) is 1.81. The van der Waals surface area contributed by atoms with E-state index in [-0.39, 0.29) is 18.1 Å². The smallest absolute Gasteiger partial charge is 0.338 e. The molecule has 2 N–H and O–H groups in total. The van der Waals surface area contributed by atoms with Crippen LogP contribution in [-0.4, -0.2) is 49.3 Å². The van der Waals surface area contributed by atoms with E-state index < -0.39 is 6.10 Å². The molecule has 0 bridgehead atoms. The van der Waals surface area contributed by atoms with Crippen molar-refractivity contribution in [3.8, 4) is 11.5 Å². The number of likely N-dealkylation sites (tertiary alicyclic amines) is 1. The Morgan fingerprint density at radius 2 is 1.93 bits per heavy atom. The van der Waals surface area contributed by atoms with Gasteiger partial charge in [0.15, 0.2) is 11.5 Å². The molecule has 0 saturated carbocycles. The predicted molar refractivity (Wildman–Crippen MR) is 110 cm³/mol. The summed E-state index contributed by atoms with van der Waals surface area (Å²) in [5.74, 6) is 0.986. The number of hydrogen-bond acceptors (Lipinski definition) is 6. The lowest BCUT2D eigenvalue weighted by atomic mass is 10.0. The van der Waals surface area contributed by atoms with Crippen LogP contribution >= 0.6 is 0 Å². The third-order valence-corrected chi connectivity index (χ3v) is 5.40. The molecule has 2 aromatic carbocycles. The van der Waals surface area contributed by atoms with Crippen LogP contribution in [0, 0.1) is 0 Å². The van der Waals surface area contributed by atoms with E-state index in [9.17, 15) is 4.79 Å². The van der Waals surface area contributed by atoms with E-state index in [0.717, 1.165) is 18.7 Å². The third kappa shape index (κ3) is 4.71. The molecule has 29 heavy (non-hydrogen) atoms. The van der Waals surface area contributed by atoms with Crippen LogP contribution < -0.4 is 15.2 Å². The standard InChI is InChI=1S/C23H28N2O4/c1-16-15-27-21-13-18(9-10-20(21)28-16)22(19(24)14-25-11-5-6-12-25)29-23(26)17-7-3-2-4-8-17/h2-4,7-10,13,16,19,22H,5-6,11-12,14-15,24H2,1H3/t16-,19+,22+/m0/s1. The van der Waals surface area contributed by atoms with Gasteiger partial charge in [-0.15, -0.1) is 0 Å². The molecule has 2 heterocycles. The Morgan fingerprint density at radius 1 is 1.17 bits per heavy atom. The van der Waals surface area contributed by atoms with Gasteiger partial charge in [-0.05, 0) is 62.7 Å². The number of ether oxygens (including phenoxy) is 3. The second kappa shape index (κ2) is 8.84. The molecule has 2 aliphatic rings. The summed E-state index contributed by atoms with van der Waals surface area (Å²) in [4.78, 5) is 15.1. The van der Waals surface area contributed by atoms with Crippen LogP contribution in [0.2, 0.25) is 0 Å². The van der Waals surface area contributed by atoms with Gasteiger partial charge in [0.05, 0.1) is 11.6 Å². The first kappa shape index (κ1) is 19.7. The predicted octanol–water partition coefficient (Wildman–Crippen LogP) is 3.17. The van der Waals surface area contributed by atoms with Crippen LogP contribution in [0.4, 0.5) is 0 Å². The molecule has 2 aromatic rings. The molecule has 0 aromatic heterocycles. The highest BCUT2D eigenvalue weighted by molar-refractivity contribution is 5.89. The maximum Gasteiger partial charge on any atom is 0.338 e. The quantitative estimate of drug-likeness (QED) is 0.756. The van der Waals surface area contributed by atoms with E-state index in [1.807, 2.05) is 43.3 Å². The molecule has 3 atom stereocenters. The summed E-state index contributed by atoms with van der Waals surface area (Å²) < 4.78 is 17.5. The second-order valence-corrected chi connectivity index (χ2v) is 7.81. The van der Waals surface area contributed by atoms with Crippen molar-refractivity contribution in [1.82, 2.24) is 4.90 Å². The highest BCUT2D eigenvalue weighted by Gasteiger charge is 2.29. The molecular formula is C23H28N2O4. The number of hydrogen-bond donors (Lipinski definition) is 1. The maximum atomic E-state index is 12.8. The van der Waals surface area contributed by atoms with Gasteiger partial charge in [0.2, 0.25) is 0 Å². The lowest BCUT2D eigenvalue weighted by molar-refractivity contribution is 0.0200. The second-order valence-electron chi connectivity index (χ2n) is 7.81. The van der Waals surface area contributed by atoms with Crippen molar-refractivity contribution in [1.29, 1.82) is 0 Å². The average molecular weight is 396 g/mol. The van der Waals surface area contributed by atoms with Crippen molar-refractivity contribution < 1.29 is 19.0 Å². The third-order valence-electron chi connectivity index (χ3n) is 5.40. The van der Waals surface area contributed by atoms with E-state index in [1.54, 1.807) is 12.1 Å². The summed E-state index contributed by atoms with van der Waals surface area (Å²) in [6, 6.07) is 14.3. The summed E-state index contributed by atoms with van der Waals surface area (Å²) in [5.41, 5.74) is 7.89. The van der Waals surface area contributed by atoms with Crippen LogP contribution in [0.5, 0.6) is 11.5 Å². The normalized spacial score (nSPS) is 20.8. The Hall–Kier alpha value is -2.57. The Bertz CT molecular complexity index is 836. The number of fused-ring (bicyclic) bond motifs is 1. The van der Waals surface area contributed by atoms with Crippen molar-refractivity contribution in [3.63, 3.8) is 0 Å². The largest absolute Gasteiger partial charge is 0.486 e. The first-order valence-electron chi connectivity index (χ1n) is 10.3. The lowest BCUT2D eigenvalue weighted by Crippen LogP contribution is -2.41. The molecule has 2 aliphatic heterocycles. The minimum absolute atomic E-state index is 0.0116. The minimum Gasteiger partial charge on any atom is -0.486 e.